The van der Waals surface area contributed by atoms with Crippen molar-refractivity contribution < 1.29 is 18.6 Å². The highest BCUT2D eigenvalue weighted by Gasteiger charge is 2.29. The fourth-order valence-corrected chi connectivity index (χ4v) is 2.02. The minimum Gasteiger partial charge on any atom is -0.388 e. The number of hydrogen-bond donors (Lipinski definition) is 2. The molecule has 2 rings (SSSR count). The maximum atomic E-state index is 13.0. The Morgan fingerprint density at radius 3 is 2.61 bits per heavy atom. The van der Waals surface area contributed by atoms with Gasteiger partial charge in [0.05, 0.1) is 5.60 Å². The van der Waals surface area contributed by atoms with Crippen LogP contribution in [0.5, 0.6) is 0 Å². The summed E-state index contributed by atoms with van der Waals surface area (Å²) in [5.41, 5.74) is -0.0962. The molecular weight excluding hydrogens is 240 g/mol. The molecule has 18 heavy (non-hydrogen) atoms. The summed E-state index contributed by atoms with van der Waals surface area (Å²) >= 11 is 0. The van der Waals surface area contributed by atoms with Crippen LogP contribution in [-0.4, -0.2) is 30.5 Å². The first-order valence-electron chi connectivity index (χ1n) is 6.04. The van der Waals surface area contributed by atoms with Crippen molar-refractivity contribution in [2.75, 3.05) is 19.8 Å². The first-order chi connectivity index (χ1) is 8.59. The van der Waals surface area contributed by atoms with E-state index in [2.05, 4.69) is 5.32 Å². The normalized spacial score (nSPS) is 18.8. The summed E-state index contributed by atoms with van der Waals surface area (Å²) in [5, 5.41) is 13.2. The lowest BCUT2D eigenvalue weighted by atomic mass is 9.94. The van der Waals surface area contributed by atoms with Gasteiger partial charge in [-0.1, -0.05) is 6.07 Å². The van der Waals surface area contributed by atoms with Gasteiger partial charge >= 0.3 is 0 Å². The Labute approximate surface area is 105 Å². The van der Waals surface area contributed by atoms with Crippen molar-refractivity contribution in [1.82, 2.24) is 5.32 Å². The summed E-state index contributed by atoms with van der Waals surface area (Å²) in [5.74, 6) is -1.69. The van der Waals surface area contributed by atoms with Crippen molar-refractivity contribution in [3.8, 4) is 0 Å². The minimum atomic E-state index is -0.848. The Balaban J connectivity index is 1.82. The molecule has 0 radical (unpaired) electrons. The molecule has 1 heterocycles. The van der Waals surface area contributed by atoms with E-state index in [1.54, 1.807) is 0 Å². The zero-order valence-corrected chi connectivity index (χ0v) is 10.1. The van der Waals surface area contributed by atoms with E-state index in [-0.39, 0.29) is 0 Å². The molecule has 0 bridgehead atoms. The molecule has 1 aliphatic heterocycles. The second kappa shape index (κ2) is 5.73. The van der Waals surface area contributed by atoms with Crippen molar-refractivity contribution >= 4 is 0 Å². The van der Waals surface area contributed by atoms with E-state index in [9.17, 15) is 13.9 Å². The van der Waals surface area contributed by atoms with Crippen molar-refractivity contribution in [1.29, 1.82) is 0 Å². The molecular formula is C13H17F2NO2. The third-order valence-corrected chi connectivity index (χ3v) is 3.19. The Morgan fingerprint density at radius 2 is 1.94 bits per heavy atom. The molecule has 1 saturated heterocycles. The molecule has 1 fully saturated rings. The van der Waals surface area contributed by atoms with E-state index in [0.29, 0.717) is 44.7 Å². The molecule has 0 amide bonds. The van der Waals surface area contributed by atoms with E-state index >= 15 is 0 Å². The minimum absolute atomic E-state index is 0.403. The predicted octanol–water partition coefficient (Wildman–Crippen LogP) is 1.60. The topological polar surface area (TPSA) is 41.5 Å². The average molecular weight is 257 g/mol. The van der Waals surface area contributed by atoms with E-state index < -0.39 is 17.2 Å². The van der Waals surface area contributed by atoms with E-state index in [1.807, 2.05) is 0 Å². The predicted molar refractivity (Wildman–Crippen MR) is 63.1 cm³/mol. The van der Waals surface area contributed by atoms with Crippen LogP contribution in [0, 0.1) is 11.6 Å². The van der Waals surface area contributed by atoms with Gasteiger partial charge in [-0.15, -0.1) is 0 Å². The molecule has 0 spiro atoms. The molecule has 0 saturated carbocycles. The second-order valence-corrected chi connectivity index (χ2v) is 4.69. The van der Waals surface area contributed by atoms with Crippen LogP contribution in [0.25, 0.3) is 0 Å². The molecule has 1 aromatic carbocycles. The zero-order chi connectivity index (χ0) is 13.0. The molecule has 0 aromatic heterocycles. The Morgan fingerprint density at radius 1 is 1.22 bits per heavy atom. The van der Waals surface area contributed by atoms with Gasteiger partial charge in [0.1, 0.15) is 0 Å². The molecule has 0 unspecified atom stereocenters. The molecule has 0 atom stereocenters. The maximum Gasteiger partial charge on any atom is 0.159 e. The summed E-state index contributed by atoms with van der Waals surface area (Å²) in [7, 11) is 0. The van der Waals surface area contributed by atoms with Crippen molar-refractivity contribution in [2.45, 2.75) is 25.0 Å². The van der Waals surface area contributed by atoms with Crippen LogP contribution < -0.4 is 5.32 Å². The molecule has 3 nitrogen and oxygen atoms in total. The van der Waals surface area contributed by atoms with Gasteiger partial charge in [-0.05, 0) is 17.7 Å². The van der Waals surface area contributed by atoms with Gasteiger partial charge < -0.3 is 15.2 Å². The van der Waals surface area contributed by atoms with Crippen molar-refractivity contribution in [2.24, 2.45) is 0 Å². The molecule has 100 valence electrons. The van der Waals surface area contributed by atoms with Gasteiger partial charge in [0.15, 0.2) is 11.6 Å². The third-order valence-electron chi connectivity index (χ3n) is 3.19. The number of benzene rings is 1. The number of rotatable bonds is 4. The van der Waals surface area contributed by atoms with Gasteiger partial charge in [0, 0.05) is 39.1 Å². The van der Waals surface area contributed by atoms with Crippen LogP contribution in [-0.2, 0) is 11.3 Å². The maximum absolute atomic E-state index is 13.0. The summed E-state index contributed by atoms with van der Waals surface area (Å²) in [6.07, 6.45) is 1.19. The highest BCUT2D eigenvalue weighted by Crippen LogP contribution is 2.19. The van der Waals surface area contributed by atoms with Crippen LogP contribution >= 0.6 is 0 Å². The van der Waals surface area contributed by atoms with E-state index in [1.165, 1.54) is 6.07 Å². The Hall–Kier alpha value is -1.04. The van der Waals surface area contributed by atoms with Crippen LogP contribution in [0.1, 0.15) is 18.4 Å². The van der Waals surface area contributed by atoms with Crippen molar-refractivity contribution in [3.05, 3.63) is 35.4 Å². The quantitative estimate of drug-likeness (QED) is 0.860. The van der Waals surface area contributed by atoms with E-state index in [0.717, 1.165) is 12.1 Å². The monoisotopic (exact) mass is 257 g/mol. The van der Waals surface area contributed by atoms with Gasteiger partial charge in [0.25, 0.3) is 0 Å². The van der Waals surface area contributed by atoms with Gasteiger partial charge in [-0.2, -0.15) is 0 Å². The first kappa shape index (κ1) is 13.4. The average Bonchev–Trinajstić information content (AvgIpc) is 2.34. The summed E-state index contributed by atoms with van der Waals surface area (Å²) in [4.78, 5) is 0. The lowest BCUT2D eigenvalue weighted by Crippen LogP contribution is -2.44. The van der Waals surface area contributed by atoms with Crippen LogP contribution in [0.4, 0.5) is 8.78 Å². The summed E-state index contributed by atoms with van der Waals surface area (Å²) < 4.78 is 30.9. The lowest BCUT2D eigenvalue weighted by Gasteiger charge is -2.32. The van der Waals surface area contributed by atoms with Crippen LogP contribution in [0.3, 0.4) is 0 Å². The highest BCUT2D eigenvalue weighted by molar-refractivity contribution is 5.17. The third kappa shape index (κ3) is 3.48. The number of ether oxygens (including phenoxy) is 1. The Bertz CT molecular complexity index is 406. The van der Waals surface area contributed by atoms with Gasteiger partial charge in [0.2, 0.25) is 0 Å². The van der Waals surface area contributed by atoms with E-state index in [4.69, 9.17) is 4.74 Å². The number of aliphatic hydroxyl groups is 1. The number of halogens is 2. The molecule has 0 aliphatic carbocycles. The van der Waals surface area contributed by atoms with Crippen LogP contribution in [0.2, 0.25) is 0 Å². The lowest BCUT2D eigenvalue weighted by molar-refractivity contribution is -0.0617. The Kier molecular flexibility index (Phi) is 4.27. The smallest absolute Gasteiger partial charge is 0.159 e. The largest absolute Gasteiger partial charge is 0.388 e. The number of hydrogen-bond acceptors (Lipinski definition) is 3. The molecule has 1 aromatic rings. The highest BCUT2D eigenvalue weighted by atomic mass is 19.2. The zero-order valence-electron chi connectivity index (χ0n) is 10.1. The number of nitrogens with one attached hydrogen (secondary N) is 1. The standard InChI is InChI=1S/C13H17F2NO2/c14-11-2-1-10(7-12(11)15)8-16-9-13(17)3-5-18-6-4-13/h1-2,7,16-17H,3-6,8-9H2. The molecule has 5 heteroatoms. The fraction of sp³-hybridized carbons (Fsp3) is 0.538. The van der Waals surface area contributed by atoms with Crippen molar-refractivity contribution in [3.63, 3.8) is 0 Å². The fourth-order valence-electron chi connectivity index (χ4n) is 2.02. The summed E-state index contributed by atoms with van der Waals surface area (Å²) in [6.45, 7) is 1.95. The van der Waals surface area contributed by atoms with Gasteiger partial charge in [-0.3, -0.25) is 0 Å². The molecule has 2 N–H and O–H groups in total. The summed E-state index contributed by atoms with van der Waals surface area (Å²) in [6, 6.07) is 3.80. The molecule has 1 aliphatic rings. The second-order valence-electron chi connectivity index (χ2n) is 4.69. The van der Waals surface area contributed by atoms with Crippen LogP contribution in [0.15, 0.2) is 18.2 Å². The first-order valence-corrected chi connectivity index (χ1v) is 6.04. The SMILES string of the molecule is OC1(CNCc2ccc(F)c(F)c2)CCOCC1. The van der Waals surface area contributed by atoms with Gasteiger partial charge in [-0.25, -0.2) is 8.78 Å².